The van der Waals surface area contributed by atoms with Gasteiger partial charge < -0.3 is 14.8 Å². The van der Waals surface area contributed by atoms with Crippen molar-refractivity contribution in [3.63, 3.8) is 0 Å². The van der Waals surface area contributed by atoms with Crippen LogP contribution in [-0.4, -0.2) is 46.2 Å². The number of unbranched alkanes of at least 4 members (excludes halogenated alkanes) is 1. The quantitative estimate of drug-likeness (QED) is 0.171. The Hall–Kier alpha value is -4.64. The maximum Gasteiger partial charge on any atom is 0.254 e. The number of amides is 2. The lowest BCUT2D eigenvalue weighted by Crippen LogP contribution is -2.43. The topological polar surface area (TPSA) is 56.4 Å². The van der Waals surface area contributed by atoms with Crippen LogP contribution in [0.4, 0.5) is 0 Å². The average molecular weight is 558 g/mol. The highest BCUT2D eigenvalue weighted by Crippen LogP contribution is 2.21. The molecule has 1 aromatic heterocycles. The molecule has 0 spiro atoms. The summed E-state index contributed by atoms with van der Waals surface area (Å²) in [5.74, 6) is -0.149. The minimum absolute atomic E-state index is 0.0409. The number of fused-ring (bicyclic) bond motifs is 1. The summed E-state index contributed by atoms with van der Waals surface area (Å²) in [6.45, 7) is 5.83. The molecule has 0 fully saturated rings. The van der Waals surface area contributed by atoms with E-state index in [1.165, 1.54) is 16.5 Å². The first-order chi connectivity index (χ1) is 20.5. The third kappa shape index (κ3) is 7.16. The summed E-state index contributed by atoms with van der Waals surface area (Å²) in [6.07, 6.45) is 4.55. The van der Waals surface area contributed by atoms with Gasteiger partial charge in [-0.3, -0.25) is 9.59 Å². The van der Waals surface area contributed by atoms with Crippen LogP contribution in [0.3, 0.4) is 0 Å². The number of nitrogens with zero attached hydrogens (tertiary/aromatic N) is 2. The van der Waals surface area contributed by atoms with E-state index in [4.69, 9.17) is 0 Å². The number of rotatable bonds is 12. The number of H-pyrrole nitrogens is 1. The van der Waals surface area contributed by atoms with E-state index >= 15 is 0 Å². The lowest BCUT2D eigenvalue weighted by atomic mass is 10.0. The molecule has 0 atom stereocenters. The Morgan fingerprint density at radius 1 is 0.738 bits per heavy atom. The highest BCUT2D eigenvalue weighted by Gasteiger charge is 2.23. The van der Waals surface area contributed by atoms with Crippen molar-refractivity contribution in [2.45, 2.75) is 39.7 Å². The van der Waals surface area contributed by atoms with Crippen LogP contribution < -0.4 is 0 Å². The second-order valence-corrected chi connectivity index (χ2v) is 10.9. The Morgan fingerprint density at radius 3 is 2.17 bits per heavy atom. The highest BCUT2D eigenvalue weighted by atomic mass is 16.2. The SMILES string of the molecule is CCCCN(CC(=O)N(CCc1c[nH]c2ccccc12)Cc1ccc(C)cc1)C(=O)c1ccc(-c2ccccc2)cc1. The molecule has 1 heterocycles. The van der Waals surface area contributed by atoms with Gasteiger partial charge in [0.05, 0.1) is 0 Å². The number of carbonyl (C=O) groups excluding carboxylic acids is 2. The van der Waals surface area contributed by atoms with E-state index in [1.807, 2.05) is 65.7 Å². The number of aromatic nitrogens is 1. The number of para-hydroxylation sites is 1. The third-order valence-corrected chi connectivity index (χ3v) is 7.81. The Kier molecular flexibility index (Phi) is 9.50. The maximum atomic E-state index is 13.9. The monoisotopic (exact) mass is 557 g/mol. The number of hydrogen-bond donors (Lipinski definition) is 1. The van der Waals surface area contributed by atoms with Crippen LogP contribution in [0.15, 0.2) is 109 Å². The molecule has 2 amide bonds. The Morgan fingerprint density at radius 2 is 1.43 bits per heavy atom. The molecule has 0 unspecified atom stereocenters. The van der Waals surface area contributed by atoms with Gasteiger partial charge in [-0.15, -0.1) is 0 Å². The summed E-state index contributed by atoms with van der Waals surface area (Å²) in [5, 5.41) is 1.18. The van der Waals surface area contributed by atoms with Crippen molar-refractivity contribution in [1.29, 1.82) is 0 Å². The van der Waals surface area contributed by atoms with Crippen LogP contribution in [0, 0.1) is 6.92 Å². The molecule has 5 nitrogen and oxygen atoms in total. The molecule has 0 saturated carbocycles. The lowest BCUT2D eigenvalue weighted by Gasteiger charge is -2.28. The number of aromatic amines is 1. The molecule has 0 saturated heterocycles. The standard InChI is InChI=1S/C37H39N3O2/c1-3-4-23-40(37(42)32-20-18-31(19-21-32)30-10-6-5-7-11-30)27-36(41)39(26-29-16-14-28(2)15-17-29)24-22-33-25-38-35-13-9-8-12-34(33)35/h5-21,25,38H,3-4,22-24,26-27H2,1-2H3. The molecule has 0 bridgehead atoms. The first kappa shape index (κ1) is 28.9. The number of carbonyl (C=O) groups is 2. The maximum absolute atomic E-state index is 13.9. The fourth-order valence-corrected chi connectivity index (χ4v) is 5.28. The molecule has 5 heteroatoms. The fourth-order valence-electron chi connectivity index (χ4n) is 5.28. The first-order valence-corrected chi connectivity index (χ1v) is 14.8. The van der Waals surface area contributed by atoms with E-state index < -0.39 is 0 Å². The van der Waals surface area contributed by atoms with Gasteiger partial charge in [0.1, 0.15) is 6.54 Å². The minimum atomic E-state index is -0.108. The lowest BCUT2D eigenvalue weighted by molar-refractivity contribution is -0.132. The summed E-state index contributed by atoms with van der Waals surface area (Å²) < 4.78 is 0. The van der Waals surface area contributed by atoms with E-state index in [0.29, 0.717) is 25.2 Å². The molecule has 42 heavy (non-hydrogen) atoms. The van der Waals surface area contributed by atoms with Crippen LogP contribution in [0.5, 0.6) is 0 Å². The van der Waals surface area contributed by atoms with Crippen molar-refractivity contribution < 1.29 is 9.59 Å². The normalized spacial score (nSPS) is 11.0. The van der Waals surface area contributed by atoms with Gasteiger partial charge in [-0.25, -0.2) is 0 Å². The second kappa shape index (κ2) is 13.8. The Labute approximate surface area is 248 Å². The van der Waals surface area contributed by atoms with Crippen LogP contribution in [0.1, 0.15) is 46.8 Å². The molecule has 4 aromatic carbocycles. The summed E-state index contributed by atoms with van der Waals surface area (Å²) in [5.41, 5.74) is 7.31. The Bertz CT molecular complexity index is 1610. The number of nitrogens with one attached hydrogen (secondary N) is 1. The zero-order valence-corrected chi connectivity index (χ0v) is 24.6. The molecule has 0 aliphatic carbocycles. The fraction of sp³-hybridized carbons (Fsp3) is 0.243. The van der Waals surface area contributed by atoms with E-state index in [2.05, 4.69) is 67.4 Å². The van der Waals surface area contributed by atoms with Crippen LogP contribution in [-0.2, 0) is 17.8 Å². The summed E-state index contributed by atoms with van der Waals surface area (Å²) in [7, 11) is 0. The summed E-state index contributed by atoms with van der Waals surface area (Å²) in [6, 6.07) is 34.4. The van der Waals surface area contributed by atoms with Gasteiger partial charge >= 0.3 is 0 Å². The third-order valence-electron chi connectivity index (χ3n) is 7.81. The van der Waals surface area contributed by atoms with E-state index in [0.717, 1.165) is 41.5 Å². The zero-order chi connectivity index (χ0) is 29.3. The molecule has 0 aliphatic heterocycles. The largest absolute Gasteiger partial charge is 0.361 e. The van der Waals surface area contributed by atoms with E-state index in [-0.39, 0.29) is 18.4 Å². The van der Waals surface area contributed by atoms with Gasteiger partial charge in [0.2, 0.25) is 5.91 Å². The van der Waals surface area contributed by atoms with Gasteiger partial charge in [-0.2, -0.15) is 0 Å². The minimum Gasteiger partial charge on any atom is -0.361 e. The number of aryl methyl sites for hydroxylation is 1. The van der Waals surface area contributed by atoms with E-state index in [9.17, 15) is 9.59 Å². The average Bonchev–Trinajstić information content (AvgIpc) is 3.45. The van der Waals surface area contributed by atoms with Gasteiger partial charge in [-0.1, -0.05) is 104 Å². The van der Waals surface area contributed by atoms with E-state index in [1.54, 1.807) is 4.90 Å². The van der Waals surface area contributed by atoms with Crippen molar-refractivity contribution in [3.05, 3.63) is 132 Å². The van der Waals surface area contributed by atoms with Crippen molar-refractivity contribution in [2.24, 2.45) is 0 Å². The molecule has 5 aromatic rings. The van der Waals surface area contributed by atoms with Crippen LogP contribution in [0.25, 0.3) is 22.0 Å². The first-order valence-electron chi connectivity index (χ1n) is 14.8. The molecule has 0 aliphatic rings. The summed E-state index contributed by atoms with van der Waals surface area (Å²) >= 11 is 0. The smallest absolute Gasteiger partial charge is 0.254 e. The van der Waals surface area contributed by atoms with Gasteiger partial charge in [0, 0.05) is 42.3 Å². The molecular weight excluding hydrogens is 518 g/mol. The Balaban J connectivity index is 1.34. The predicted octanol–water partition coefficient (Wildman–Crippen LogP) is 7.66. The number of hydrogen-bond acceptors (Lipinski definition) is 2. The van der Waals surface area contributed by atoms with Gasteiger partial charge in [0.15, 0.2) is 0 Å². The number of benzene rings is 4. The second-order valence-electron chi connectivity index (χ2n) is 10.9. The van der Waals surface area contributed by atoms with Crippen LogP contribution >= 0.6 is 0 Å². The van der Waals surface area contributed by atoms with Crippen LogP contribution in [0.2, 0.25) is 0 Å². The molecule has 0 radical (unpaired) electrons. The molecule has 1 N–H and O–H groups in total. The predicted molar refractivity (Wildman–Crippen MR) is 171 cm³/mol. The van der Waals surface area contributed by atoms with Crippen molar-refractivity contribution in [3.8, 4) is 11.1 Å². The van der Waals surface area contributed by atoms with Crippen molar-refractivity contribution in [2.75, 3.05) is 19.6 Å². The van der Waals surface area contributed by atoms with Crippen molar-refractivity contribution in [1.82, 2.24) is 14.8 Å². The molecule has 214 valence electrons. The molecule has 5 rings (SSSR count). The zero-order valence-electron chi connectivity index (χ0n) is 24.6. The van der Waals surface area contributed by atoms with Gasteiger partial charge in [0.25, 0.3) is 5.91 Å². The van der Waals surface area contributed by atoms with Crippen molar-refractivity contribution >= 4 is 22.7 Å². The van der Waals surface area contributed by atoms with Gasteiger partial charge in [-0.05, 0) is 60.2 Å². The highest BCUT2D eigenvalue weighted by molar-refractivity contribution is 5.97. The molecular formula is C37H39N3O2. The summed E-state index contributed by atoms with van der Waals surface area (Å²) in [4.78, 5) is 34.6.